The van der Waals surface area contributed by atoms with E-state index in [1.54, 1.807) is 12.1 Å². The summed E-state index contributed by atoms with van der Waals surface area (Å²) >= 11 is 5.86. The van der Waals surface area contributed by atoms with Crippen LogP contribution in [0.25, 0.3) is 0 Å². The van der Waals surface area contributed by atoms with Gasteiger partial charge in [-0.15, -0.1) is 10.2 Å². The second kappa shape index (κ2) is 8.11. The number of nitrogens with zero attached hydrogens (tertiary/aromatic N) is 2. The lowest BCUT2D eigenvalue weighted by Gasteiger charge is -2.12. The van der Waals surface area contributed by atoms with Gasteiger partial charge in [0.25, 0.3) is 0 Å². The summed E-state index contributed by atoms with van der Waals surface area (Å²) in [5.74, 6) is 0.107. The summed E-state index contributed by atoms with van der Waals surface area (Å²) in [6, 6.07) is 7.40. The summed E-state index contributed by atoms with van der Waals surface area (Å²) in [5.41, 5.74) is 2.43. The Balaban J connectivity index is 1.49. The summed E-state index contributed by atoms with van der Waals surface area (Å²) in [7, 11) is 0. The molecule has 1 amide bonds. The smallest absolute Gasteiger partial charge is 0.308 e. The van der Waals surface area contributed by atoms with E-state index in [1.807, 2.05) is 12.1 Å². The van der Waals surface area contributed by atoms with Gasteiger partial charge in [0.15, 0.2) is 0 Å². The number of carbonyl (C=O) groups excluding carboxylic acids is 1. The zero-order valence-corrected chi connectivity index (χ0v) is 14.2. The minimum atomic E-state index is -0.318. The van der Waals surface area contributed by atoms with E-state index in [-0.39, 0.29) is 11.8 Å². The van der Waals surface area contributed by atoms with Crippen LogP contribution in [0.2, 0.25) is 5.02 Å². The molecule has 1 heterocycles. The van der Waals surface area contributed by atoms with Crippen molar-refractivity contribution in [3.63, 3.8) is 0 Å². The predicted molar refractivity (Wildman–Crippen MR) is 92.1 cm³/mol. The van der Waals surface area contributed by atoms with Gasteiger partial charge in [-0.25, -0.2) is 0 Å². The molecule has 1 N–H and O–H groups in total. The maximum Gasteiger partial charge on any atom is 0.308 e. The molecule has 3 rings (SSSR count). The monoisotopic (exact) mass is 345 g/mol. The third kappa shape index (κ3) is 4.68. The number of rotatable bonds is 6. The first kappa shape index (κ1) is 16.7. The fraction of sp³-hybridized carbons (Fsp3) is 0.389. The zero-order chi connectivity index (χ0) is 16.8. The highest BCUT2D eigenvalue weighted by Crippen LogP contribution is 2.19. The second-order valence-corrected chi connectivity index (χ2v) is 6.35. The molecule has 0 radical (unpaired) electrons. The van der Waals surface area contributed by atoms with Gasteiger partial charge in [-0.2, -0.15) is 0 Å². The summed E-state index contributed by atoms with van der Waals surface area (Å²) in [6.07, 6.45) is 8.46. The first-order chi connectivity index (χ1) is 11.7. The van der Waals surface area contributed by atoms with Crippen molar-refractivity contribution < 1.29 is 9.21 Å². The average Bonchev–Trinajstić information content (AvgIpc) is 3.06. The lowest BCUT2D eigenvalue weighted by atomic mass is 9.97. The maximum absolute atomic E-state index is 12.1. The van der Waals surface area contributed by atoms with E-state index in [1.165, 1.54) is 18.4 Å². The Hall–Kier alpha value is -2.14. The standard InChI is InChI=1S/C18H20ClN3O2/c19-15-8-6-14(7-9-15)12-16-21-22-18(24-16)17(23)20-11-10-13-4-2-1-3-5-13/h4,6-9H,1-3,5,10-12H2,(H,20,23). The normalized spacial score (nSPS) is 14.3. The van der Waals surface area contributed by atoms with E-state index in [0.29, 0.717) is 23.9 Å². The van der Waals surface area contributed by atoms with Gasteiger partial charge < -0.3 is 9.73 Å². The molecule has 0 fully saturated rings. The number of halogens is 1. The molecule has 0 atom stereocenters. The number of hydrogen-bond acceptors (Lipinski definition) is 4. The topological polar surface area (TPSA) is 68.0 Å². The fourth-order valence-electron chi connectivity index (χ4n) is 2.74. The highest BCUT2D eigenvalue weighted by molar-refractivity contribution is 6.30. The number of aromatic nitrogens is 2. The number of benzene rings is 1. The molecule has 0 saturated heterocycles. The Kier molecular flexibility index (Phi) is 5.64. The summed E-state index contributed by atoms with van der Waals surface area (Å²) in [6.45, 7) is 0.597. The van der Waals surface area contributed by atoms with Crippen LogP contribution in [0.15, 0.2) is 40.3 Å². The van der Waals surface area contributed by atoms with E-state index < -0.39 is 0 Å². The number of hydrogen-bond donors (Lipinski definition) is 1. The SMILES string of the molecule is O=C(NCCC1=CCCCC1)c1nnc(Cc2ccc(Cl)cc2)o1. The summed E-state index contributed by atoms with van der Waals surface area (Å²) in [5, 5.41) is 11.3. The van der Waals surface area contributed by atoms with Crippen LogP contribution in [-0.2, 0) is 6.42 Å². The molecular weight excluding hydrogens is 326 g/mol. The molecular formula is C18H20ClN3O2. The van der Waals surface area contributed by atoms with Crippen LogP contribution in [0.1, 0.15) is 54.2 Å². The first-order valence-electron chi connectivity index (χ1n) is 8.23. The Bertz CT molecular complexity index is 722. The van der Waals surface area contributed by atoms with Gasteiger partial charge in [0.2, 0.25) is 5.89 Å². The van der Waals surface area contributed by atoms with Crippen molar-refractivity contribution >= 4 is 17.5 Å². The van der Waals surface area contributed by atoms with Gasteiger partial charge in [0.1, 0.15) is 0 Å². The van der Waals surface area contributed by atoms with Crippen molar-refractivity contribution in [3.05, 3.63) is 58.3 Å². The van der Waals surface area contributed by atoms with E-state index in [4.69, 9.17) is 16.0 Å². The predicted octanol–water partition coefficient (Wildman–Crippen LogP) is 3.93. The Morgan fingerprint density at radius 1 is 1.21 bits per heavy atom. The Morgan fingerprint density at radius 3 is 2.79 bits per heavy atom. The number of nitrogens with one attached hydrogen (secondary N) is 1. The van der Waals surface area contributed by atoms with Crippen molar-refractivity contribution in [1.82, 2.24) is 15.5 Å². The van der Waals surface area contributed by atoms with Gasteiger partial charge in [-0.05, 0) is 49.8 Å². The van der Waals surface area contributed by atoms with Gasteiger partial charge in [-0.1, -0.05) is 35.4 Å². The van der Waals surface area contributed by atoms with Crippen LogP contribution in [0.5, 0.6) is 0 Å². The highest BCUT2D eigenvalue weighted by Gasteiger charge is 2.15. The Labute approximate surface area is 146 Å². The molecule has 1 aliphatic rings. The van der Waals surface area contributed by atoms with Crippen molar-refractivity contribution in [2.45, 2.75) is 38.5 Å². The fourth-order valence-corrected chi connectivity index (χ4v) is 2.86. The molecule has 1 aromatic heterocycles. The lowest BCUT2D eigenvalue weighted by Crippen LogP contribution is -2.25. The molecule has 0 unspecified atom stereocenters. The van der Waals surface area contributed by atoms with Crippen molar-refractivity contribution in [3.8, 4) is 0 Å². The van der Waals surface area contributed by atoms with Crippen molar-refractivity contribution in [2.75, 3.05) is 6.54 Å². The molecule has 2 aromatic rings. The van der Waals surface area contributed by atoms with Gasteiger partial charge in [0, 0.05) is 11.6 Å². The number of amides is 1. The molecule has 126 valence electrons. The van der Waals surface area contributed by atoms with Gasteiger partial charge in [-0.3, -0.25) is 4.79 Å². The molecule has 0 bridgehead atoms. The maximum atomic E-state index is 12.1. The van der Waals surface area contributed by atoms with Crippen LogP contribution in [0, 0.1) is 0 Å². The summed E-state index contributed by atoms with van der Waals surface area (Å²) in [4.78, 5) is 12.1. The molecule has 0 spiro atoms. The average molecular weight is 346 g/mol. The van der Waals surface area contributed by atoms with E-state index in [2.05, 4.69) is 21.6 Å². The molecule has 0 aliphatic heterocycles. The number of allylic oxidation sites excluding steroid dienone is 1. The van der Waals surface area contributed by atoms with Crippen molar-refractivity contribution in [2.24, 2.45) is 0 Å². The molecule has 5 nitrogen and oxygen atoms in total. The molecule has 24 heavy (non-hydrogen) atoms. The largest absolute Gasteiger partial charge is 0.417 e. The third-order valence-electron chi connectivity index (χ3n) is 4.05. The van der Waals surface area contributed by atoms with Crippen LogP contribution < -0.4 is 5.32 Å². The van der Waals surface area contributed by atoms with Gasteiger partial charge >= 0.3 is 11.8 Å². The summed E-state index contributed by atoms with van der Waals surface area (Å²) < 4.78 is 5.44. The second-order valence-electron chi connectivity index (χ2n) is 5.92. The van der Waals surface area contributed by atoms with Crippen molar-refractivity contribution in [1.29, 1.82) is 0 Å². The van der Waals surface area contributed by atoms with E-state index in [9.17, 15) is 4.79 Å². The van der Waals surface area contributed by atoms with Gasteiger partial charge in [0.05, 0.1) is 6.42 Å². The molecule has 6 heteroatoms. The number of carbonyl (C=O) groups is 1. The minimum Gasteiger partial charge on any atom is -0.417 e. The van der Waals surface area contributed by atoms with E-state index >= 15 is 0 Å². The zero-order valence-electron chi connectivity index (χ0n) is 13.4. The van der Waals surface area contributed by atoms with Crippen LogP contribution in [0.3, 0.4) is 0 Å². The molecule has 0 saturated carbocycles. The lowest BCUT2D eigenvalue weighted by molar-refractivity contribution is 0.0917. The van der Waals surface area contributed by atoms with E-state index in [0.717, 1.165) is 24.8 Å². The third-order valence-corrected chi connectivity index (χ3v) is 4.30. The highest BCUT2D eigenvalue weighted by atomic mass is 35.5. The minimum absolute atomic E-state index is 0.0107. The van der Waals surface area contributed by atoms with Crippen LogP contribution >= 0.6 is 11.6 Å². The Morgan fingerprint density at radius 2 is 2.04 bits per heavy atom. The first-order valence-corrected chi connectivity index (χ1v) is 8.61. The molecule has 1 aliphatic carbocycles. The van der Waals surface area contributed by atoms with Crippen LogP contribution in [-0.4, -0.2) is 22.6 Å². The quantitative estimate of drug-likeness (QED) is 0.805. The molecule has 1 aromatic carbocycles. The van der Waals surface area contributed by atoms with Crippen LogP contribution in [0.4, 0.5) is 0 Å².